The Hall–Kier alpha value is -0.820. The summed E-state index contributed by atoms with van der Waals surface area (Å²) >= 11 is 0. The van der Waals surface area contributed by atoms with E-state index in [0.717, 1.165) is 12.8 Å². The quantitative estimate of drug-likeness (QED) is 0.649. The van der Waals surface area contributed by atoms with Crippen molar-refractivity contribution in [2.24, 2.45) is 5.92 Å². The van der Waals surface area contributed by atoms with E-state index in [1.807, 2.05) is 0 Å². The summed E-state index contributed by atoms with van der Waals surface area (Å²) in [5.41, 5.74) is 3.54. The minimum Gasteiger partial charge on any atom is -0.385 e. The molecule has 15 heavy (non-hydrogen) atoms. The van der Waals surface area contributed by atoms with Crippen LogP contribution in [0.4, 0.5) is 0 Å². The molecule has 0 radical (unpaired) electrons. The molecule has 1 fully saturated rings. The Morgan fingerprint density at radius 1 is 1.47 bits per heavy atom. The van der Waals surface area contributed by atoms with E-state index in [-0.39, 0.29) is 0 Å². The molecule has 82 valence electrons. The monoisotopic (exact) mass is 204 g/mol. The molecule has 0 aliphatic heterocycles. The summed E-state index contributed by atoms with van der Waals surface area (Å²) in [5.74, 6) is 0.541. The minimum atomic E-state index is -0.714. The van der Waals surface area contributed by atoms with Gasteiger partial charge in [0.15, 0.2) is 0 Å². The Morgan fingerprint density at radius 3 is 2.87 bits per heavy atom. The second-order valence-electron chi connectivity index (χ2n) is 5.04. The van der Waals surface area contributed by atoms with Crippen molar-refractivity contribution in [3.63, 3.8) is 0 Å². The summed E-state index contributed by atoms with van der Waals surface area (Å²) in [5, 5.41) is 10.3. The predicted molar refractivity (Wildman–Crippen MR) is 63.6 cm³/mol. The average molecular weight is 204 g/mol. The third-order valence-electron chi connectivity index (χ3n) is 4.01. The lowest BCUT2D eigenvalue weighted by atomic mass is 9.89. The molecule has 0 bridgehead atoms. The molecule has 2 aliphatic rings. The number of aliphatic hydroxyl groups is 1. The van der Waals surface area contributed by atoms with Crippen molar-refractivity contribution in [2.45, 2.75) is 44.6 Å². The molecule has 1 nitrogen and oxygen atoms in total. The van der Waals surface area contributed by atoms with Gasteiger partial charge in [0.1, 0.15) is 0 Å². The van der Waals surface area contributed by atoms with Crippen LogP contribution in [0.1, 0.15) is 39.0 Å². The Kier molecular flexibility index (Phi) is 2.59. The largest absolute Gasteiger partial charge is 0.385 e. The van der Waals surface area contributed by atoms with Gasteiger partial charge in [-0.15, -0.1) is 6.58 Å². The molecule has 1 heteroatoms. The van der Waals surface area contributed by atoms with Crippen molar-refractivity contribution in [1.82, 2.24) is 0 Å². The second-order valence-corrected chi connectivity index (χ2v) is 5.04. The van der Waals surface area contributed by atoms with E-state index in [2.05, 4.69) is 20.1 Å². The SMILES string of the molecule is C=CC1(O)CCC2=C(C)CCC2C(=C)C1. The number of hydrogen-bond donors (Lipinski definition) is 1. The molecular formula is C14H20O. The maximum atomic E-state index is 10.3. The fourth-order valence-electron chi connectivity index (χ4n) is 2.96. The molecule has 0 amide bonds. The molecule has 0 aromatic carbocycles. The highest BCUT2D eigenvalue weighted by Crippen LogP contribution is 2.45. The highest BCUT2D eigenvalue weighted by molar-refractivity contribution is 5.32. The first-order valence-corrected chi connectivity index (χ1v) is 5.78. The fraction of sp³-hybridized carbons (Fsp3) is 0.571. The van der Waals surface area contributed by atoms with Gasteiger partial charge >= 0.3 is 0 Å². The van der Waals surface area contributed by atoms with E-state index >= 15 is 0 Å². The van der Waals surface area contributed by atoms with Gasteiger partial charge in [0.2, 0.25) is 0 Å². The normalized spacial score (nSPS) is 36.4. The highest BCUT2D eigenvalue weighted by Gasteiger charge is 2.35. The molecule has 0 saturated heterocycles. The van der Waals surface area contributed by atoms with Gasteiger partial charge < -0.3 is 5.11 Å². The molecule has 1 saturated carbocycles. The van der Waals surface area contributed by atoms with Gasteiger partial charge in [0.25, 0.3) is 0 Å². The molecule has 2 unspecified atom stereocenters. The lowest BCUT2D eigenvalue weighted by molar-refractivity contribution is 0.0849. The zero-order chi connectivity index (χ0) is 11.1. The summed E-state index contributed by atoms with van der Waals surface area (Å²) < 4.78 is 0. The van der Waals surface area contributed by atoms with Gasteiger partial charge in [0.05, 0.1) is 5.60 Å². The van der Waals surface area contributed by atoms with E-state index in [1.165, 1.54) is 29.6 Å². The second kappa shape index (κ2) is 3.64. The van der Waals surface area contributed by atoms with Gasteiger partial charge in [-0.25, -0.2) is 0 Å². The van der Waals surface area contributed by atoms with Gasteiger partial charge in [-0.2, -0.15) is 0 Å². The molecule has 0 heterocycles. The van der Waals surface area contributed by atoms with Crippen LogP contribution in [-0.4, -0.2) is 10.7 Å². The van der Waals surface area contributed by atoms with E-state index in [4.69, 9.17) is 0 Å². The van der Waals surface area contributed by atoms with Crippen LogP contribution in [0.15, 0.2) is 36.0 Å². The predicted octanol–water partition coefficient (Wildman–Crippen LogP) is 3.37. The maximum Gasteiger partial charge on any atom is 0.0865 e. The van der Waals surface area contributed by atoms with Gasteiger partial charge in [-0.1, -0.05) is 29.4 Å². The Balaban J connectivity index is 2.30. The van der Waals surface area contributed by atoms with E-state index in [1.54, 1.807) is 6.08 Å². The van der Waals surface area contributed by atoms with Crippen molar-refractivity contribution >= 4 is 0 Å². The summed E-state index contributed by atoms with van der Waals surface area (Å²) in [6.07, 6.45) is 6.61. The molecule has 1 N–H and O–H groups in total. The zero-order valence-electron chi connectivity index (χ0n) is 9.55. The van der Waals surface area contributed by atoms with Crippen LogP contribution in [0.5, 0.6) is 0 Å². The van der Waals surface area contributed by atoms with Crippen LogP contribution in [0.2, 0.25) is 0 Å². The van der Waals surface area contributed by atoms with E-state index in [9.17, 15) is 5.11 Å². The first kappa shape index (κ1) is 10.7. The zero-order valence-corrected chi connectivity index (χ0v) is 9.55. The fourth-order valence-corrected chi connectivity index (χ4v) is 2.96. The van der Waals surface area contributed by atoms with Crippen LogP contribution in [0.25, 0.3) is 0 Å². The summed E-state index contributed by atoms with van der Waals surface area (Å²) in [6.45, 7) is 10.1. The highest BCUT2D eigenvalue weighted by atomic mass is 16.3. The summed E-state index contributed by atoms with van der Waals surface area (Å²) in [6, 6.07) is 0. The maximum absolute atomic E-state index is 10.3. The molecule has 2 atom stereocenters. The minimum absolute atomic E-state index is 0.541. The Bertz CT molecular complexity index is 337. The van der Waals surface area contributed by atoms with E-state index in [0.29, 0.717) is 12.3 Å². The van der Waals surface area contributed by atoms with Crippen molar-refractivity contribution < 1.29 is 5.11 Å². The van der Waals surface area contributed by atoms with Crippen LogP contribution < -0.4 is 0 Å². The van der Waals surface area contributed by atoms with E-state index < -0.39 is 5.60 Å². The van der Waals surface area contributed by atoms with Crippen molar-refractivity contribution in [3.8, 4) is 0 Å². The molecule has 0 spiro atoms. The number of fused-ring (bicyclic) bond motifs is 1. The molecule has 0 aromatic heterocycles. The van der Waals surface area contributed by atoms with Gasteiger partial charge in [-0.3, -0.25) is 0 Å². The number of rotatable bonds is 1. The Labute approximate surface area is 92.2 Å². The standard InChI is InChI=1S/C14H20O/c1-4-14(15)8-7-13-10(2)5-6-12(13)11(3)9-14/h4,12,15H,1,3,5-9H2,2H3. The Morgan fingerprint density at radius 2 is 2.20 bits per heavy atom. The number of allylic oxidation sites excluding steroid dienone is 2. The van der Waals surface area contributed by atoms with Crippen molar-refractivity contribution in [3.05, 3.63) is 36.0 Å². The van der Waals surface area contributed by atoms with Crippen molar-refractivity contribution in [2.75, 3.05) is 0 Å². The third-order valence-corrected chi connectivity index (χ3v) is 4.01. The summed E-state index contributed by atoms with van der Waals surface area (Å²) in [7, 11) is 0. The molecular weight excluding hydrogens is 184 g/mol. The van der Waals surface area contributed by atoms with Gasteiger partial charge in [-0.05, 0) is 32.6 Å². The first-order valence-electron chi connectivity index (χ1n) is 5.78. The lowest BCUT2D eigenvalue weighted by Crippen LogP contribution is -2.24. The molecule has 2 aliphatic carbocycles. The first-order chi connectivity index (χ1) is 7.06. The van der Waals surface area contributed by atoms with Gasteiger partial charge in [0, 0.05) is 12.3 Å². The lowest BCUT2D eigenvalue weighted by Gasteiger charge is -2.23. The summed E-state index contributed by atoms with van der Waals surface area (Å²) in [4.78, 5) is 0. The van der Waals surface area contributed by atoms with Crippen LogP contribution in [0, 0.1) is 5.92 Å². The number of hydrogen-bond acceptors (Lipinski definition) is 1. The molecule has 2 rings (SSSR count). The molecule has 0 aromatic rings. The average Bonchev–Trinajstić information content (AvgIpc) is 2.50. The van der Waals surface area contributed by atoms with Crippen LogP contribution in [-0.2, 0) is 0 Å². The smallest absolute Gasteiger partial charge is 0.0865 e. The van der Waals surface area contributed by atoms with Crippen LogP contribution in [0.3, 0.4) is 0 Å². The topological polar surface area (TPSA) is 20.2 Å². The van der Waals surface area contributed by atoms with Crippen LogP contribution >= 0.6 is 0 Å². The third kappa shape index (κ3) is 1.81. The van der Waals surface area contributed by atoms with Crippen molar-refractivity contribution in [1.29, 1.82) is 0 Å².